The third-order valence-corrected chi connectivity index (χ3v) is 3.78. The maximum Gasteiger partial charge on any atom is 0.224 e. The molecule has 0 radical (unpaired) electrons. The summed E-state index contributed by atoms with van der Waals surface area (Å²) in [6.45, 7) is 0.604. The summed E-state index contributed by atoms with van der Waals surface area (Å²) in [5, 5.41) is 0.953. The predicted octanol–water partition coefficient (Wildman–Crippen LogP) is 3.72. The highest BCUT2D eigenvalue weighted by Gasteiger charge is 2.04. The van der Waals surface area contributed by atoms with E-state index in [-0.39, 0.29) is 0 Å². The second-order valence-corrected chi connectivity index (χ2v) is 5.53. The highest BCUT2D eigenvalue weighted by Crippen LogP contribution is 2.20. The number of para-hydroxylation sites is 1. The molecule has 112 valence electrons. The molecule has 3 rings (SSSR count). The number of nitrogens with zero attached hydrogens (tertiary/aromatic N) is 2. The summed E-state index contributed by atoms with van der Waals surface area (Å²) in [6, 6.07) is 16.5. The van der Waals surface area contributed by atoms with Crippen LogP contribution in [0.15, 0.2) is 54.9 Å². The summed E-state index contributed by atoms with van der Waals surface area (Å²) in [7, 11) is 0. The lowest BCUT2D eigenvalue weighted by Gasteiger charge is -2.08. The zero-order valence-corrected chi connectivity index (χ0v) is 13.2. The second-order valence-electron chi connectivity index (χ2n) is 5.08. The first-order valence-corrected chi connectivity index (χ1v) is 8.01. The molecule has 3 nitrogen and oxygen atoms in total. The smallest absolute Gasteiger partial charge is 0.224 e. The van der Waals surface area contributed by atoms with E-state index in [0.29, 0.717) is 12.5 Å². The van der Waals surface area contributed by atoms with E-state index in [2.05, 4.69) is 46.9 Å². The Kier molecular flexibility index (Phi) is 4.91. The summed E-state index contributed by atoms with van der Waals surface area (Å²) in [5.74, 6) is 1.53. The van der Waals surface area contributed by atoms with Crippen molar-refractivity contribution < 1.29 is 4.74 Å². The Morgan fingerprint density at radius 2 is 1.59 bits per heavy atom. The van der Waals surface area contributed by atoms with Crippen molar-refractivity contribution in [3.8, 4) is 5.88 Å². The van der Waals surface area contributed by atoms with Gasteiger partial charge in [0.25, 0.3) is 0 Å². The van der Waals surface area contributed by atoms with Crippen LogP contribution < -0.4 is 4.74 Å². The van der Waals surface area contributed by atoms with Gasteiger partial charge in [0.15, 0.2) is 0 Å². The molecule has 0 saturated carbocycles. The molecule has 0 fully saturated rings. The fraction of sp³-hybridized carbons (Fsp3) is 0.222. The summed E-state index contributed by atoms with van der Waals surface area (Å²) >= 11 is 4.25. The SMILES string of the molecule is SCCc1ccc(CCOc2ncnc3ccccc23)cc1. The average molecular weight is 310 g/mol. The molecule has 22 heavy (non-hydrogen) atoms. The summed E-state index contributed by atoms with van der Waals surface area (Å²) in [4.78, 5) is 8.47. The summed E-state index contributed by atoms with van der Waals surface area (Å²) < 4.78 is 5.84. The predicted molar refractivity (Wildman–Crippen MR) is 92.7 cm³/mol. The number of thiol groups is 1. The third-order valence-electron chi connectivity index (χ3n) is 3.56. The van der Waals surface area contributed by atoms with Gasteiger partial charge in [-0.15, -0.1) is 0 Å². The van der Waals surface area contributed by atoms with Crippen LogP contribution in [0.5, 0.6) is 5.88 Å². The van der Waals surface area contributed by atoms with Crippen LogP contribution in [0.25, 0.3) is 10.9 Å². The highest BCUT2D eigenvalue weighted by molar-refractivity contribution is 7.80. The highest BCUT2D eigenvalue weighted by atomic mass is 32.1. The van der Waals surface area contributed by atoms with Gasteiger partial charge in [0.2, 0.25) is 5.88 Å². The molecule has 4 heteroatoms. The standard InChI is InChI=1S/C18H18N2OS/c22-12-10-15-7-5-14(6-8-15)9-11-21-18-16-3-1-2-4-17(16)19-13-20-18/h1-8,13,22H,9-12H2. The van der Waals surface area contributed by atoms with E-state index in [0.717, 1.165) is 29.5 Å². The first-order valence-electron chi connectivity index (χ1n) is 7.38. The lowest BCUT2D eigenvalue weighted by atomic mass is 10.1. The van der Waals surface area contributed by atoms with Crippen molar-refractivity contribution in [2.45, 2.75) is 12.8 Å². The Labute approximate surface area is 135 Å². The Bertz CT molecular complexity index is 738. The summed E-state index contributed by atoms with van der Waals surface area (Å²) in [6.07, 6.45) is 3.41. The molecular formula is C18H18N2OS. The Hall–Kier alpha value is -2.07. The molecule has 0 aliphatic carbocycles. The Morgan fingerprint density at radius 3 is 2.36 bits per heavy atom. The molecule has 0 saturated heterocycles. The van der Waals surface area contributed by atoms with E-state index in [9.17, 15) is 0 Å². The lowest BCUT2D eigenvalue weighted by Crippen LogP contribution is -2.03. The molecule has 0 unspecified atom stereocenters. The average Bonchev–Trinajstić information content (AvgIpc) is 2.57. The van der Waals surface area contributed by atoms with Crippen molar-refractivity contribution in [3.05, 3.63) is 66.0 Å². The van der Waals surface area contributed by atoms with Crippen LogP contribution in [0.2, 0.25) is 0 Å². The van der Waals surface area contributed by atoms with Gasteiger partial charge in [0.05, 0.1) is 17.5 Å². The first-order chi connectivity index (χ1) is 10.9. The number of fused-ring (bicyclic) bond motifs is 1. The number of benzene rings is 2. The van der Waals surface area contributed by atoms with Gasteiger partial charge in [-0.05, 0) is 35.4 Å². The first kappa shape index (κ1) is 14.9. The van der Waals surface area contributed by atoms with Crippen molar-refractivity contribution in [1.82, 2.24) is 9.97 Å². The molecule has 3 aromatic rings. The van der Waals surface area contributed by atoms with E-state index >= 15 is 0 Å². The van der Waals surface area contributed by atoms with E-state index in [4.69, 9.17) is 4.74 Å². The van der Waals surface area contributed by atoms with Crippen LogP contribution in [-0.4, -0.2) is 22.3 Å². The van der Waals surface area contributed by atoms with Crippen LogP contribution in [0, 0.1) is 0 Å². The molecular weight excluding hydrogens is 292 g/mol. The van der Waals surface area contributed by atoms with Crippen molar-refractivity contribution in [1.29, 1.82) is 0 Å². The van der Waals surface area contributed by atoms with Gasteiger partial charge in [-0.2, -0.15) is 12.6 Å². The van der Waals surface area contributed by atoms with E-state index in [1.807, 2.05) is 24.3 Å². The summed E-state index contributed by atoms with van der Waals surface area (Å²) in [5.41, 5.74) is 3.49. The minimum atomic E-state index is 0.604. The van der Waals surface area contributed by atoms with Gasteiger partial charge < -0.3 is 4.74 Å². The largest absolute Gasteiger partial charge is 0.477 e. The van der Waals surface area contributed by atoms with Crippen molar-refractivity contribution in [2.75, 3.05) is 12.4 Å². The van der Waals surface area contributed by atoms with E-state index in [1.54, 1.807) is 6.33 Å². The number of rotatable bonds is 6. The fourth-order valence-corrected chi connectivity index (χ4v) is 2.62. The number of hydrogen-bond donors (Lipinski definition) is 1. The zero-order valence-electron chi connectivity index (χ0n) is 12.3. The topological polar surface area (TPSA) is 35.0 Å². The maximum absolute atomic E-state index is 5.84. The van der Waals surface area contributed by atoms with Crippen molar-refractivity contribution in [2.24, 2.45) is 0 Å². The molecule has 0 bridgehead atoms. The molecule has 0 amide bonds. The molecule has 0 aliphatic rings. The van der Waals surface area contributed by atoms with Crippen LogP contribution in [-0.2, 0) is 12.8 Å². The van der Waals surface area contributed by atoms with Gasteiger partial charge in [-0.25, -0.2) is 9.97 Å². The molecule has 0 aliphatic heterocycles. The van der Waals surface area contributed by atoms with E-state index in [1.165, 1.54) is 11.1 Å². The number of aryl methyl sites for hydroxylation is 1. The molecule has 0 atom stereocenters. The number of aromatic nitrogens is 2. The van der Waals surface area contributed by atoms with Crippen LogP contribution in [0.4, 0.5) is 0 Å². The normalized spacial score (nSPS) is 10.8. The van der Waals surface area contributed by atoms with Gasteiger partial charge in [0.1, 0.15) is 6.33 Å². The lowest BCUT2D eigenvalue weighted by molar-refractivity contribution is 0.313. The zero-order chi connectivity index (χ0) is 15.2. The Morgan fingerprint density at radius 1 is 0.864 bits per heavy atom. The second kappa shape index (κ2) is 7.27. The van der Waals surface area contributed by atoms with E-state index < -0.39 is 0 Å². The Balaban J connectivity index is 1.62. The van der Waals surface area contributed by atoms with Gasteiger partial charge in [-0.3, -0.25) is 0 Å². The van der Waals surface area contributed by atoms with Crippen LogP contribution in [0.3, 0.4) is 0 Å². The van der Waals surface area contributed by atoms with Crippen LogP contribution >= 0.6 is 12.6 Å². The fourth-order valence-electron chi connectivity index (χ4n) is 2.36. The van der Waals surface area contributed by atoms with Gasteiger partial charge in [0, 0.05) is 6.42 Å². The molecule has 1 aromatic heterocycles. The van der Waals surface area contributed by atoms with Gasteiger partial charge in [-0.1, -0.05) is 36.4 Å². The monoisotopic (exact) mass is 310 g/mol. The number of hydrogen-bond acceptors (Lipinski definition) is 4. The minimum Gasteiger partial charge on any atom is -0.477 e. The third kappa shape index (κ3) is 3.57. The maximum atomic E-state index is 5.84. The molecule has 0 spiro atoms. The van der Waals surface area contributed by atoms with Gasteiger partial charge >= 0.3 is 0 Å². The van der Waals surface area contributed by atoms with Crippen molar-refractivity contribution in [3.63, 3.8) is 0 Å². The quantitative estimate of drug-likeness (QED) is 0.705. The minimum absolute atomic E-state index is 0.604. The molecule has 2 aromatic carbocycles. The van der Waals surface area contributed by atoms with Crippen molar-refractivity contribution >= 4 is 23.5 Å². The molecule has 1 heterocycles. The molecule has 0 N–H and O–H groups in total. The number of ether oxygens (including phenoxy) is 1. The van der Waals surface area contributed by atoms with Crippen LogP contribution in [0.1, 0.15) is 11.1 Å².